The molecule has 0 saturated carbocycles. The van der Waals surface area contributed by atoms with Crippen molar-refractivity contribution in [3.8, 4) is 0 Å². The van der Waals surface area contributed by atoms with Gasteiger partial charge in [0.1, 0.15) is 5.60 Å². The molecule has 0 radical (unpaired) electrons. The monoisotopic (exact) mass is 343 g/mol. The molecular formula is C15H21NO6S. The van der Waals surface area contributed by atoms with Crippen molar-refractivity contribution in [1.29, 1.82) is 0 Å². The lowest BCUT2D eigenvalue weighted by molar-refractivity contribution is -0.0255. The molecule has 7 nitrogen and oxygen atoms in total. The number of hydrogen-bond acceptors (Lipinski definition) is 5. The summed E-state index contributed by atoms with van der Waals surface area (Å²) in [7, 11) is -0.831. The van der Waals surface area contributed by atoms with Gasteiger partial charge in [-0.05, 0) is 30.7 Å². The third kappa shape index (κ3) is 3.72. The van der Waals surface area contributed by atoms with Crippen LogP contribution in [-0.4, -0.2) is 63.3 Å². The lowest BCUT2D eigenvalue weighted by Gasteiger charge is -2.30. The Morgan fingerprint density at radius 3 is 2.65 bits per heavy atom. The molecule has 1 aromatic carbocycles. The largest absolute Gasteiger partial charge is 0.478 e. The lowest BCUT2D eigenvalue weighted by atomic mass is 10.0. The molecule has 0 aliphatic carbocycles. The number of rotatable bonds is 6. The summed E-state index contributed by atoms with van der Waals surface area (Å²) < 4.78 is 37.4. The Morgan fingerprint density at radius 1 is 1.43 bits per heavy atom. The van der Waals surface area contributed by atoms with Crippen molar-refractivity contribution in [2.75, 3.05) is 33.9 Å². The molecule has 0 amide bonds. The van der Waals surface area contributed by atoms with Gasteiger partial charge < -0.3 is 14.6 Å². The first-order chi connectivity index (χ1) is 10.7. The summed E-state index contributed by atoms with van der Waals surface area (Å²) in [4.78, 5) is 11.1. The number of carboxylic acid groups (broad SMARTS) is 1. The quantitative estimate of drug-likeness (QED) is 0.832. The second kappa shape index (κ2) is 6.56. The number of carbonyl (C=O) groups is 1. The predicted molar refractivity (Wildman–Crippen MR) is 83.1 cm³/mol. The third-order valence-corrected chi connectivity index (χ3v) is 5.80. The van der Waals surface area contributed by atoms with Crippen molar-refractivity contribution >= 4 is 16.0 Å². The Balaban J connectivity index is 2.32. The first-order valence-electron chi connectivity index (χ1n) is 7.14. The van der Waals surface area contributed by atoms with Gasteiger partial charge in [0.25, 0.3) is 0 Å². The fourth-order valence-electron chi connectivity index (χ4n) is 2.63. The van der Waals surface area contributed by atoms with E-state index < -0.39 is 21.6 Å². The number of methoxy groups -OCH3 is 1. The number of hydrogen-bond donors (Lipinski definition) is 1. The van der Waals surface area contributed by atoms with Crippen LogP contribution in [0.15, 0.2) is 23.1 Å². The minimum absolute atomic E-state index is 0.0393. The van der Waals surface area contributed by atoms with Gasteiger partial charge >= 0.3 is 5.97 Å². The van der Waals surface area contributed by atoms with Gasteiger partial charge in [0.15, 0.2) is 0 Å². The van der Waals surface area contributed by atoms with E-state index in [9.17, 15) is 13.2 Å². The Labute approximate surface area is 135 Å². The maximum Gasteiger partial charge on any atom is 0.335 e. The molecule has 1 atom stereocenters. The van der Waals surface area contributed by atoms with E-state index in [0.29, 0.717) is 25.2 Å². The van der Waals surface area contributed by atoms with E-state index in [1.807, 2.05) is 0 Å². The summed E-state index contributed by atoms with van der Waals surface area (Å²) in [5.74, 6) is -1.16. The van der Waals surface area contributed by atoms with Crippen molar-refractivity contribution in [3.05, 3.63) is 29.3 Å². The molecule has 1 N–H and O–H groups in total. The number of benzene rings is 1. The molecule has 1 aliphatic heterocycles. The fourth-order valence-corrected chi connectivity index (χ4v) is 4.01. The highest BCUT2D eigenvalue weighted by atomic mass is 32.2. The van der Waals surface area contributed by atoms with Crippen molar-refractivity contribution in [3.63, 3.8) is 0 Å². The van der Waals surface area contributed by atoms with Crippen molar-refractivity contribution in [2.45, 2.75) is 23.8 Å². The van der Waals surface area contributed by atoms with Gasteiger partial charge in [-0.15, -0.1) is 0 Å². The van der Waals surface area contributed by atoms with Crippen LogP contribution >= 0.6 is 0 Å². The molecule has 128 valence electrons. The van der Waals surface area contributed by atoms with Crippen LogP contribution in [0.1, 0.15) is 22.3 Å². The molecule has 23 heavy (non-hydrogen) atoms. The molecule has 1 aliphatic rings. The zero-order valence-electron chi connectivity index (χ0n) is 13.4. The zero-order chi connectivity index (χ0) is 17.3. The van der Waals surface area contributed by atoms with Crippen LogP contribution in [0.2, 0.25) is 0 Å². The molecule has 0 aromatic heterocycles. The smallest absolute Gasteiger partial charge is 0.335 e. The normalized spacial score (nSPS) is 21.7. The van der Waals surface area contributed by atoms with Crippen LogP contribution in [0.5, 0.6) is 0 Å². The highest BCUT2D eigenvalue weighted by Crippen LogP contribution is 2.26. The molecule has 1 aromatic rings. The van der Waals surface area contributed by atoms with Crippen LogP contribution in [-0.2, 0) is 19.5 Å². The molecule has 2 rings (SSSR count). The lowest BCUT2D eigenvalue weighted by Crippen LogP contribution is -2.45. The summed E-state index contributed by atoms with van der Waals surface area (Å²) in [6.07, 6.45) is 0.609. The van der Waals surface area contributed by atoms with Gasteiger partial charge in [0.2, 0.25) is 10.0 Å². The maximum absolute atomic E-state index is 12.7. The Bertz CT molecular complexity index is 694. The standard InChI is InChI=1S/C15H21NO6S/c1-11-6-12(14(17)18)8-13(7-11)23(19,20)16(2)9-15(21-3)4-5-22-10-15/h6-8H,4-5,9-10H2,1-3H3,(H,17,18). The fraction of sp³-hybridized carbons (Fsp3) is 0.533. The summed E-state index contributed by atoms with van der Waals surface area (Å²) in [6, 6.07) is 4.07. The topological polar surface area (TPSA) is 93.1 Å². The highest BCUT2D eigenvalue weighted by Gasteiger charge is 2.39. The van der Waals surface area contributed by atoms with E-state index >= 15 is 0 Å². The van der Waals surface area contributed by atoms with Gasteiger partial charge in [0.05, 0.1) is 17.1 Å². The second-order valence-corrected chi connectivity index (χ2v) is 7.84. The number of sulfonamides is 1. The maximum atomic E-state index is 12.7. The van der Waals surface area contributed by atoms with Gasteiger partial charge in [-0.25, -0.2) is 13.2 Å². The Kier molecular flexibility index (Phi) is 5.10. The summed E-state index contributed by atoms with van der Waals surface area (Å²) in [5.41, 5.74) is -0.147. The molecule has 0 spiro atoms. The summed E-state index contributed by atoms with van der Waals surface area (Å²) >= 11 is 0. The van der Waals surface area contributed by atoms with Crippen LogP contribution in [0.4, 0.5) is 0 Å². The van der Waals surface area contributed by atoms with E-state index in [0.717, 1.165) is 0 Å². The SMILES string of the molecule is COC1(CN(C)S(=O)(=O)c2cc(C)cc(C(=O)O)c2)CCOC1. The Morgan fingerprint density at radius 2 is 2.13 bits per heavy atom. The number of likely N-dealkylation sites (N-methyl/N-ethyl adjacent to an activating group) is 1. The van der Waals surface area contributed by atoms with E-state index in [-0.39, 0.29) is 17.0 Å². The van der Waals surface area contributed by atoms with Crippen molar-refractivity contribution in [1.82, 2.24) is 4.31 Å². The van der Waals surface area contributed by atoms with Gasteiger partial charge in [-0.2, -0.15) is 4.31 Å². The molecule has 8 heteroatoms. The van der Waals surface area contributed by atoms with E-state index in [1.54, 1.807) is 6.92 Å². The van der Waals surface area contributed by atoms with E-state index in [4.69, 9.17) is 14.6 Å². The number of carboxylic acids is 1. The third-order valence-electron chi connectivity index (χ3n) is 4.02. The molecule has 1 heterocycles. The highest BCUT2D eigenvalue weighted by molar-refractivity contribution is 7.89. The van der Waals surface area contributed by atoms with Crippen LogP contribution < -0.4 is 0 Å². The minimum Gasteiger partial charge on any atom is -0.478 e. The zero-order valence-corrected chi connectivity index (χ0v) is 14.2. The second-order valence-electron chi connectivity index (χ2n) is 5.79. The molecule has 1 fully saturated rings. The van der Waals surface area contributed by atoms with Gasteiger partial charge in [0, 0.05) is 33.7 Å². The van der Waals surface area contributed by atoms with Crippen LogP contribution in [0.3, 0.4) is 0 Å². The van der Waals surface area contributed by atoms with E-state index in [2.05, 4.69) is 0 Å². The number of nitrogens with zero attached hydrogens (tertiary/aromatic N) is 1. The van der Waals surface area contributed by atoms with E-state index in [1.165, 1.54) is 36.7 Å². The average Bonchev–Trinajstić information content (AvgIpc) is 2.95. The van der Waals surface area contributed by atoms with Crippen molar-refractivity contribution in [2.24, 2.45) is 0 Å². The number of aryl methyl sites for hydroxylation is 1. The van der Waals surface area contributed by atoms with Crippen LogP contribution in [0, 0.1) is 6.92 Å². The first-order valence-corrected chi connectivity index (χ1v) is 8.58. The van der Waals surface area contributed by atoms with Gasteiger partial charge in [-0.1, -0.05) is 0 Å². The summed E-state index contributed by atoms with van der Waals surface area (Å²) in [6.45, 7) is 2.65. The summed E-state index contributed by atoms with van der Waals surface area (Å²) in [5, 5.41) is 9.10. The molecular weight excluding hydrogens is 322 g/mol. The Hall–Kier alpha value is -1.48. The number of ether oxygens (including phenoxy) is 2. The minimum atomic E-state index is -3.82. The molecule has 0 bridgehead atoms. The average molecular weight is 343 g/mol. The molecule has 1 unspecified atom stereocenters. The number of aromatic carboxylic acids is 1. The predicted octanol–water partition coefficient (Wildman–Crippen LogP) is 1.12. The van der Waals surface area contributed by atoms with Crippen LogP contribution in [0.25, 0.3) is 0 Å². The first kappa shape index (κ1) is 17.9. The van der Waals surface area contributed by atoms with Gasteiger partial charge in [-0.3, -0.25) is 0 Å². The molecule has 1 saturated heterocycles. The van der Waals surface area contributed by atoms with Crippen molar-refractivity contribution < 1.29 is 27.8 Å².